The normalized spacial score (nSPS) is 11.4. The number of halogens is 3. The maximum atomic E-state index is 12.3. The molecular weight excluding hydrogens is 387 g/mol. The summed E-state index contributed by atoms with van der Waals surface area (Å²) < 4.78 is 46.4. The Balaban J connectivity index is 1.79. The summed E-state index contributed by atoms with van der Waals surface area (Å²) in [6, 6.07) is 8.04. The molecule has 0 bridgehead atoms. The van der Waals surface area contributed by atoms with Crippen molar-refractivity contribution in [2.45, 2.75) is 12.9 Å². The monoisotopic (exact) mass is 397 g/mol. The minimum Gasteiger partial charge on any atom is -0.407 e. The van der Waals surface area contributed by atoms with Gasteiger partial charge in [-0.15, -0.1) is 13.2 Å². The molecule has 1 aromatic heterocycles. The van der Waals surface area contributed by atoms with Crippen LogP contribution in [0.1, 0.15) is 0 Å². The van der Waals surface area contributed by atoms with Crippen molar-refractivity contribution in [1.82, 2.24) is 4.57 Å². The Morgan fingerprint density at radius 2 is 2.00 bits per heavy atom. The highest BCUT2D eigenvalue weighted by Gasteiger charge is 2.31. The first-order chi connectivity index (χ1) is 13.1. The van der Waals surface area contributed by atoms with Gasteiger partial charge in [-0.05, 0) is 18.2 Å². The fourth-order valence-electron chi connectivity index (χ4n) is 2.43. The molecule has 0 saturated heterocycles. The third-order valence-electron chi connectivity index (χ3n) is 3.52. The number of nitro groups is 1. The third-order valence-corrected chi connectivity index (χ3v) is 3.52. The number of nitrogens with zero attached hydrogens (tertiary/aromatic N) is 2. The molecule has 0 spiro atoms. The van der Waals surface area contributed by atoms with Gasteiger partial charge in [-0.1, -0.05) is 6.07 Å². The van der Waals surface area contributed by atoms with Gasteiger partial charge < -0.3 is 14.5 Å². The molecule has 0 aliphatic heterocycles. The Kier molecular flexibility index (Phi) is 4.78. The van der Waals surface area contributed by atoms with E-state index >= 15 is 0 Å². The summed E-state index contributed by atoms with van der Waals surface area (Å²) in [5, 5.41) is 13.1. The summed E-state index contributed by atoms with van der Waals surface area (Å²) in [5.41, 5.74) is -0.199. The van der Waals surface area contributed by atoms with Crippen molar-refractivity contribution in [3.63, 3.8) is 0 Å². The summed E-state index contributed by atoms with van der Waals surface area (Å²) in [4.78, 5) is 34.2. The van der Waals surface area contributed by atoms with Crippen LogP contribution in [-0.2, 0) is 11.3 Å². The van der Waals surface area contributed by atoms with Gasteiger partial charge in [0, 0.05) is 17.8 Å². The SMILES string of the molecule is O=C(Cn1c(=O)oc2cc([N+](=O)[O-])ccc21)Nc1cccc(OC(F)(F)F)c1. The largest absolute Gasteiger partial charge is 0.573 e. The first-order valence-corrected chi connectivity index (χ1v) is 7.56. The molecule has 1 N–H and O–H groups in total. The zero-order chi connectivity index (χ0) is 20.5. The van der Waals surface area contributed by atoms with Gasteiger partial charge in [0.1, 0.15) is 12.3 Å². The Morgan fingerprint density at radius 1 is 1.25 bits per heavy atom. The molecule has 0 atom stereocenters. The molecule has 3 aromatic rings. The van der Waals surface area contributed by atoms with E-state index in [-0.39, 0.29) is 22.5 Å². The highest BCUT2D eigenvalue weighted by Crippen LogP contribution is 2.25. The van der Waals surface area contributed by atoms with Crippen LogP contribution in [0.5, 0.6) is 5.75 Å². The Morgan fingerprint density at radius 3 is 2.68 bits per heavy atom. The second kappa shape index (κ2) is 7.06. The number of anilines is 1. The quantitative estimate of drug-likeness (QED) is 0.522. The number of amides is 1. The molecule has 0 fully saturated rings. The van der Waals surface area contributed by atoms with Crippen molar-refractivity contribution in [2.75, 3.05) is 5.32 Å². The van der Waals surface area contributed by atoms with Crippen molar-refractivity contribution in [3.05, 3.63) is 63.1 Å². The molecule has 0 radical (unpaired) electrons. The molecule has 28 heavy (non-hydrogen) atoms. The number of nitro benzene ring substituents is 1. The average Bonchev–Trinajstić information content (AvgIpc) is 2.88. The zero-order valence-corrected chi connectivity index (χ0v) is 13.7. The number of hydrogen-bond acceptors (Lipinski definition) is 6. The van der Waals surface area contributed by atoms with Crippen LogP contribution in [0, 0.1) is 10.1 Å². The molecule has 9 nitrogen and oxygen atoms in total. The van der Waals surface area contributed by atoms with Crippen LogP contribution in [0.4, 0.5) is 24.5 Å². The van der Waals surface area contributed by atoms with E-state index in [9.17, 15) is 32.9 Å². The number of oxazole rings is 1. The van der Waals surface area contributed by atoms with Gasteiger partial charge in [0.2, 0.25) is 5.91 Å². The Labute approximate surface area is 153 Å². The lowest BCUT2D eigenvalue weighted by Crippen LogP contribution is -2.24. The lowest BCUT2D eigenvalue weighted by Gasteiger charge is -2.10. The second-order valence-electron chi connectivity index (χ2n) is 5.49. The van der Waals surface area contributed by atoms with Gasteiger partial charge in [0.25, 0.3) is 5.69 Å². The van der Waals surface area contributed by atoms with E-state index in [0.717, 1.165) is 28.8 Å². The molecular formula is C16H10F3N3O6. The molecule has 146 valence electrons. The van der Waals surface area contributed by atoms with Gasteiger partial charge in [-0.2, -0.15) is 0 Å². The number of fused-ring (bicyclic) bond motifs is 1. The van der Waals surface area contributed by atoms with E-state index in [1.54, 1.807) is 0 Å². The number of nitrogens with one attached hydrogen (secondary N) is 1. The van der Waals surface area contributed by atoms with Crippen LogP contribution in [0.25, 0.3) is 11.1 Å². The van der Waals surface area contributed by atoms with Gasteiger partial charge in [0.05, 0.1) is 16.5 Å². The van der Waals surface area contributed by atoms with Gasteiger partial charge in [-0.25, -0.2) is 4.79 Å². The topological polar surface area (TPSA) is 117 Å². The number of benzene rings is 2. The summed E-state index contributed by atoms with van der Waals surface area (Å²) in [5.74, 6) is -2.17. The molecule has 0 saturated carbocycles. The second-order valence-corrected chi connectivity index (χ2v) is 5.49. The summed E-state index contributed by atoms with van der Waals surface area (Å²) in [6.45, 7) is -0.520. The van der Waals surface area contributed by atoms with Crippen LogP contribution < -0.4 is 15.8 Å². The number of ether oxygens (including phenoxy) is 1. The van der Waals surface area contributed by atoms with Gasteiger partial charge in [0.15, 0.2) is 5.58 Å². The smallest absolute Gasteiger partial charge is 0.407 e. The standard InChI is InChI=1S/C16H10F3N3O6/c17-16(18,19)28-11-3-1-2-9(6-11)20-14(23)8-21-12-5-4-10(22(25)26)7-13(12)27-15(21)24/h1-7H,8H2,(H,20,23). The molecule has 0 unspecified atom stereocenters. The van der Waals surface area contributed by atoms with E-state index in [1.165, 1.54) is 18.2 Å². The number of alkyl halides is 3. The molecule has 12 heteroatoms. The van der Waals surface area contributed by atoms with Crippen LogP contribution in [0.3, 0.4) is 0 Å². The maximum Gasteiger partial charge on any atom is 0.573 e. The van der Waals surface area contributed by atoms with Gasteiger partial charge in [-0.3, -0.25) is 19.5 Å². The van der Waals surface area contributed by atoms with Crippen LogP contribution in [0.15, 0.2) is 51.7 Å². The number of rotatable bonds is 5. The van der Waals surface area contributed by atoms with E-state index < -0.39 is 35.2 Å². The highest BCUT2D eigenvalue weighted by molar-refractivity contribution is 5.91. The molecule has 2 aromatic carbocycles. The van der Waals surface area contributed by atoms with Crippen molar-refractivity contribution in [1.29, 1.82) is 0 Å². The van der Waals surface area contributed by atoms with Crippen LogP contribution in [0.2, 0.25) is 0 Å². The lowest BCUT2D eigenvalue weighted by atomic mass is 10.3. The summed E-state index contributed by atoms with van der Waals surface area (Å²) in [7, 11) is 0. The Bertz CT molecular complexity index is 1120. The predicted octanol–water partition coefficient (Wildman–Crippen LogP) is 3.04. The van der Waals surface area contributed by atoms with Crippen LogP contribution >= 0.6 is 0 Å². The van der Waals surface area contributed by atoms with E-state index in [2.05, 4.69) is 10.1 Å². The average molecular weight is 397 g/mol. The van der Waals surface area contributed by atoms with Crippen molar-refractivity contribution >= 4 is 28.4 Å². The third kappa shape index (κ3) is 4.28. The summed E-state index contributed by atoms with van der Waals surface area (Å²) >= 11 is 0. The predicted molar refractivity (Wildman–Crippen MR) is 88.9 cm³/mol. The number of carbonyl (C=O) groups excluding carboxylic acids is 1. The summed E-state index contributed by atoms with van der Waals surface area (Å²) in [6.07, 6.45) is -4.88. The lowest BCUT2D eigenvalue weighted by molar-refractivity contribution is -0.384. The molecule has 0 aliphatic rings. The van der Waals surface area contributed by atoms with E-state index in [0.29, 0.717) is 0 Å². The first-order valence-electron chi connectivity index (χ1n) is 7.56. The number of aromatic nitrogens is 1. The molecule has 1 heterocycles. The zero-order valence-electron chi connectivity index (χ0n) is 13.7. The molecule has 0 aliphatic carbocycles. The van der Waals surface area contributed by atoms with Crippen molar-refractivity contribution in [2.24, 2.45) is 0 Å². The van der Waals surface area contributed by atoms with E-state index in [1.807, 2.05) is 0 Å². The van der Waals surface area contributed by atoms with Crippen molar-refractivity contribution < 1.29 is 32.0 Å². The Hall–Kier alpha value is -3.83. The first kappa shape index (κ1) is 18.9. The number of non-ortho nitro benzene ring substituents is 1. The minimum atomic E-state index is -4.88. The fraction of sp³-hybridized carbons (Fsp3) is 0.125. The van der Waals surface area contributed by atoms with Gasteiger partial charge >= 0.3 is 12.1 Å². The molecule has 3 rings (SSSR count). The number of hydrogen-bond donors (Lipinski definition) is 1. The number of carbonyl (C=O) groups is 1. The minimum absolute atomic E-state index is 0.0169. The van der Waals surface area contributed by atoms with Crippen LogP contribution in [-0.4, -0.2) is 21.8 Å². The highest BCUT2D eigenvalue weighted by atomic mass is 19.4. The fourth-order valence-corrected chi connectivity index (χ4v) is 2.43. The molecule has 1 amide bonds. The van der Waals surface area contributed by atoms with Crippen molar-refractivity contribution in [3.8, 4) is 5.75 Å². The maximum absolute atomic E-state index is 12.3. The van der Waals surface area contributed by atoms with E-state index in [4.69, 9.17) is 4.42 Å².